The van der Waals surface area contributed by atoms with E-state index in [4.69, 9.17) is 0 Å². The summed E-state index contributed by atoms with van der Waals surface area (Å²) in [6, 6.07) is 6.71. The third kappa shape index (κ3) is 3.97. The van der Waals surface area contributed by atoms with Gasteiger partial charge in [0.05, 0.1) is 28.8 Å². The number of rotatable bonds is 6. The number of nitrogens with zero attached hydrogens (tertiary/aromatic N) is 1. The first kappa shape index (κ1) is 19.0. The number of hydrogen-bond donors (Lipinski definition) is 2. The number of benzene rings is 1. The molecule has 1 aliphatic rings. The van der Waals surface area contributed by atoms with Crippen LogP contribution in [-0.2, 0) is 27.6 Å². The fraction of sp³-hybridized carbons (Fsp3) is 0.444. The van der Waals surface area contributed by atoms with Crippen molar-refractivity contribution in [2.24, 2.45) is 5.92 Å². The summed E-state index contributed by atoms with van der Waals surface area (Å²) in [6.45, 7) is 6.69. The number of carbonyl (C=O) groups excluding carboxylic acids is 1. The smallest absolute Gasteiger partial charge is 0.230 e. The highest BCUT2D eigenvalue weighted by Gasteiger charge is 2.29. The van der Waals surface area contributed by atoms with Crippen LogP contribution in [0.3, 0.4) is 0 Å². The van der Waals surface area contributed by atoms with Crippen LogP contribution in [0.25, 0.3) is 0 Å². The van der Waals surface area contributed by atoms with Crippen LogP contribution in [0.2, 0.25) is 0 Å². The molecule has 140 valence electrons. The molecular weight excluding hydrogens is 370 g/mol. The summed E-state index contributed by atoms with van der Waals surface area (Å²) in [6.07, 6.45) is 0.183. The van der Waals surface area contributed by atoms with Crippen molar-refractivity contribution in [3.05, 3.63) is 40.4 Å². The van der Waals surface area contributed by atoms with E-state index in [0.29, 0.717) is 11.0 Å². The fourth-order valence-electron chi connectivity index (χ4n) is 2.97. The molecule has 1 aromatic carbocycles. The summed E-state index contributed by atoms with van der Waals surface area (Å²) in [5, 5.41) is 6.91. The van der Waals surface area contributed by atoms with E-state index < -0.39 is 9.84 Å². The van der Waals surface area contributed by atoms with E-state index in [-0.39, 0.29) is 29.0 Å². The van der Waals surface area contributed by atoms with E-state index >= 15 is 0 Å². The molecule has 0 fully saturated rings. The maximum Gasteiger partial charge on any atom is 0.230 e. The van der Waals surface area contributed by atoms with Crippen LogP contribution in [0, 0.1) is 5.92 Å². The van der Waals surface area contributed by atoms with E-state index in [1.165, 1.54) is 16.2 Å². The molecule has 0 radical (unpaired) electrons. The number of nitrogens with one attached hydrogen (secondary N) is 2. The van der Waals surface area contributed by atoms with Gasteiger partial charge in [-0.1, -0.05) is 32.9 Å². The van der Waals surface area contributed by atoms with Crippen molar-refractivity contribution in [2.45, 2.75) is 44.7 Å². The second kappa shape index (κ2) is 7.46. The largest absolute Gasteiger partial charge is 0.303 e. The van der Waals surface area contributed by atoms with Crippen molar-refractivity contribution >= 4 is 32.2 Å². The summed E-state index contributed by atoms with van der Waals surface area (Å²) in [5.74, 6) is 0.353. The summed E-state index contributed by atoms with van der Waals surface area (Å²) in [4.78, 5) is 18.3. The number of amides is 1. The minimum absolute atomic E-state index is 0.0633. The van der Waals surface area contributed by atoms with Crippen LogP contribution in [0.5, 0.6) is 0 Å². The Kier molecular flexibility index (Phi) is 5.45. The van der Waals surface area contributed by atoms with Crippen molar-refractivity contribution in [3.8, 4) is 0 Å². The molecule has 1 unspecified atom stereocenters. The maximum atomic E-state index is 12.3. The first-order valence-corrected chi connectivity index (χ1v) is 11.1. The van der Waals surface area contributed by atoms with Crippen LogP contribution in [0.15, 0.2) is 29.2 Å². The molecule has 0 saturated heterocycles. The normalized spacial score (nSPS) is 16.7. The zero-order valence-electron chi connectivity index (χ0n) is 15.1. The van der Waals surface area contributed by atoms with Gasteiger partial charge in [-0.2, -0.15) is 0 Å². The average Bonchev–Trinajstić information content (AvgIpc) is 3.14. The lowest BCUT2D eigenvalue weighted by atomic mass is 10.0. The van der Waals surface area contributed by atoms with Crippen LogP contribution >= 0.6 is 11.3 Å². The third-order valence-electron chi connectivity index (χ3n) is 4.44. The monoisotopic (exact) mass is 393 g/mol. The van der Waals surface area contributed by atoms with Crippen molar-refractivity contribution in [1.82, 2.24) is 10.3 Å². The Morgan fingerprint density at radius 2 is 2.04 bits per heavy atom. The summed E-state index contributed by atoms with van der Waals surface area (Å²) >= 11 is 1.51. The number of hydrogen-bond acceptors (Lipinski definition) is 6. The predicted octanol–water partition coefficient (Wildman–Crippen LogP) is 2.92. The Morgan fingerprint density at radius 1 is 1.35 bits per heavy atom. The summed E-state index contributed by atoms with van der Waals surface area (Å²) < 4.78 is 23.7. The molecule has 1 aromatic heterocycles. The van der Waals surface area contributed by atoms with Gasteiger partial charge in [0.25, 0.3) is 0 Å². The van der Waals surface area contributed by atoms with Gasteiger partial charge in [-0.3, -0.25) is 4.79 Å². The van der Waals surface area contributed by atoms with Gasteiger partial charge in [0.1, 0.15) is 0 Å². The topological polar surface area (TPSA) is 88.2 Å². The minimum Gasteiger partial charge on any atom is -0.303 e. The highest BCUT2D eigenvalue weighted by Crippen LogP contribution is 2.35. The first-order valence-electron chi connectivity index (χ1n) is 8.64. The first-order chi connectivity index (χ1) is 12.3. The predicted molar refractivity (Wildman–Crippen MR) is 103 cm³/mol. The Hall–Kier alpha value is -1.77. The Bertz CT molecular complexity index is 902. The lowest BCUT2D eigenvalue weighted by Gasteiger charge is -2.14. The van der Waals surface area contributed by atoms with Gasteiger partial charge in [0, 0.05) is 11.4 Å². The second-order valence-electron chi connectivity index (χ2n) is 6.70. The summed E-state index contributed by atoms with van der Waals surface area (Å²) in [5.41, 5.74) is 1.80. The molecule has 1 atom stereocenters. The molecule has 1 amide bonds. The lowest BCUT2D eigenvalue weighted by molar-refractivity contribution is -0.115. The Morgan fingerprint density at radius 3 is 2.65 bits per heavy atom. The van der Waals surface area contributed by atoms with E-state index in [1.807, 2.05) is 0 Å². The average molecular weight is 394 g/mol. The zero-order chi connectivity index (χ0) is 18.9. The number of anilines is 1. The standard InChI is InChI=1S/C18H23N3O3S2/c1-4-26(23,24)13-7-5-12(6-8-13)9-15(22)20-18-21-17-14(25-18)10-19-16(17)11(2)3/h5-8,11,16,19H,4,9-10H2,1-3H3,(H,20,21,22). The van der Waals surface area contributed by atoms with Gasteiger partial charge < -0.3 is 10.6 Å². The van der Waals surface area contributed by atoms with Crippen molar-refractivity contribution in [1.29, 1.82) is 0 Å². The molecular formula is C18H23N3O3S2. The minimum atomic E-state index is -3.22. The van der Waals surface area contributed by atoms with Crippen LogP contribution < -0.4 is 10.6 Å². The molecule has 6 nitrogen and oxygen atoms in total. The van der Waals surface area contributed by atoms with Crippen LogP contribution in [0.1, 0.15) is 42.9 Å². The molecule has 2 heterocycles. The maximum absolute atomic E-state index is 12.3. The van der Waals surface area contributed by atoms with Gasteiger partial charge in [0.2, 0.25) is 5.91 Å². The van der Waals surface area contributed by atoms with E-state index in [2.05, 4.69) is 29.5 Å². The van der Waals surface area contributed by atoms with Gasteiger partial charge >= 0.3 is 0 Å². The Balaban J connectivity index is 1.64. The van der Waals surface area contributed by atoms with E-state index in [0.717, 1.165) is 17.8 Å². The van der Waals surface area contributed by atoms with Gasteiger partial charge in [-0.15, -0.1) is 11.3 Å². The highest BCUT2D eigenvalue weighted by atomic mass is 32.2. The van der Waals surface area contributed by atoms with Gasteiger partial charge in [0.15, 0.2) is 15.0 Å². The number of sulfone groups is 1. The van der Waals surface area contributed by atoms with Crippen molar-refractivity contribution in [2.75, 3.05) is 11.1 Å². The van der Waals surface area contributed by atoms with Gasteiger partial charge in [-0.05, 0) is 23.6 Å². The number of aromatic nitrogens is 1. The molecule has 0 saturated carbocycles. The molecule has 3 rings (SSSR count). The fourth-order valence-corrected chi connectivity index (χ4v) is 4.83. The quantitative estimate of drug-likeness (QED) is 0.788. The van der Waals surface area contributed by atoms with Crippen molar-refractivity contribution in [3.63, 3.8) is 0 Å². The molecule has 0 bridgehead atoms. The van der Waals surface area contributed by atoms with E-state index in [1.54, 1.807) is 31.2 Å². The van der Waals surface area contributed by atoms with E-state index in [9.17, 15) is 13.2 Å². The van der Waals surface area contributed by atoms with Gasteiger partial charge in [-0.25, -0.2) is 13.4 Å². The molecule has 0 spiro atoms. The Labute approximate surface area is 158 Å². The molecule has 0 aliphatic carbocycles. The van der Waals surface area contributed by atoms with Crippen LogP contribution in [-0.4, -0.2) is 25.1 Å². The third-order valence-corrected chi connectivity index (χ3v) is 7.18. The molecule has 2 N–H and O–H groups in total. The second-order valence-corrected chi connectivity index (χ2v) is 10.1. The zero-order valence-corrected chi connectivity index (χ0v) is 16.7. The number of fused-ring (bicyclic) bond motifs is 1. The number of thiazole rings is 1. The van der Waals surface area contributed by atoms with Crippen LogP contribution in [0.4, 0.5) is 5.13 Å². The molecule has 26 heavy (non-hydrogen) atoms. The lowest BCUT2D eigenvalue weighted by Crippen LogP contribution is -2.19. The molecule has 8 heteroatoms. The highest BCUT2D eigenvalue weighted by molar-refractivity contribution is 7.91. The summed E-state index contributed by atoms with van der Waals surface area (Å²) in [7, 11) is -3.22. The molecule has 2 aromatic rings. The SMILES string of the molecule is CCS(=O)(=O)c1ccc(CC(=O)Nc2nc3c(s2)CNC3C(C)C)cc1. The van der Waals surface area contributed by atoms with Crippen molar-refractivity contribution < 1.29 is 13.2 Å². The number of carbonyl (C=O) groups is 1. The molecule has 1 aliphatic heterocycles.